The summed E-state index contributed by atoms with van der Waals surface area (Å²) in [6.07, 6.45) is -1.63. The third-order valence-electron chi connectivity index (χ3n) is 5.30. The number of anilines is 1. The van der Waals surface area contributed by atoms with Gasteiger partial charge in [0.2, 0.25) is 6.17 Å². The van der Waals surface area contributed by atoms with Gasteiger partial charge in [-0.2, -0.15) is 0 Å². The Morgan fingerprint density at radius 1 is 1.11 bits per heavy atom. The van der Waals surface area contributed by atoms with Crippen molar-refractivity contribution in [2.45, 2.75) is 19.1 Å². The Kier molecular flexibility index (Phi) is 7.43. The topological polar surface area (TPSA) is 45.2 Å². The van der Waals surface area contributed by atoms with Crippen molar-refractivity contribution in [3.8, 4) is 0 Å². The molecule has 0 saturated carbocycles. The van der Waals surface area contributed by atoms with Crippen molar-refractivity contribution in [1.82, 2.24) is 9.80 Å². The number of ether oxygens (including phenoxy) is 2. The van der Waals surface area contributed by atoms with E-state index >= 15 is 0 Å². The van der Waals surface area contributed by atoms with Crippen LogP contribution in [-0.4, -0.2) is 93.6 Å². The molecular formula is C20H30FN3O3. The predicted molar refractivity (Wildman–Crippen MR) is 103 cm³/mol. The molecule has 2 saturated heterocycles. The van der Waals surface area contributed by atoms with Crippen LogP contribution in [0.25, 0.3) is 0 Å². The normalized spacial score (nSPS) is 21.6. The lowest BCUT2D eigenvalue weighted by molar-refractivity contribution is -0.153. The molecule has 0 radical (unpaired) electrons. The molecule has 0 amide bonds. The molecule has 7 heteroatoms. The fourth-order valence-corrected chi connectivity index (χ4v) is 3.77. The summed E-state index contributed by atoms with van der Waals surface area (Å²) < 4.78 is 25.3. The Bertz CT molecular complexity index is 575. The molecule has 0 bridgehead atoms. The number of alkyl halides is 1. The number of piperazine rings is 1. The maximum absolute atomic E-state index is 14.9. The summed E-state index contributed by atoms with van der Waals surface area (Å²) in [6, 6.07) is 9.85. The van der Waals surface area contributed by atoms with E-state index in [2.05, 4.69) is 21.9 Å². The highest BCUT2D eigenvalue weighted by Crippen LogP contribution is 2.18. The van der Waals surface area contributed by atoms with Gasteiger partial charge in [0.05, 0.1) is 25.9 Å². The first kappa shape index (κ1) is 20.0. The van der Waals surface area contributed by atoms with Gasteiger partial charge in [0.15, 0.2) is 0 Å². The van der Waals surface area contributed by atoms with E-state index in [-0.39, 0.29) is 6.61 Å². The maximum Gasteiger partial charge on any atom is 0.342 e. The summed E-state index contributed by atoms with van der Waals surface area (Å²) in [6.45, 7) is 8.39. The Labute approximate surface area is 160 Å². The average molecular weight is 379 g/mol. The molecule has 2 aliphatic rings. The number of hydrogen-bond acceptors (Lipinski definition) is 6. The molecule has 1 aromatic rings. The third-order valence-corrected chi connectivity index (χ3v) is 5.30. The molecule has 0 aliphatic carbocycles. The monoisotopic (exact) mass is 379 g/mol. The lowest BCUT2D eigenvalue weighted by atomic mass is 10.1. The zero-order chi connectivity index (χ0) is 19.1. The highest BCUT2D eigenvalue weighted by molar-refractivity contribution is 5.75. The van der Waals surface area contributed by atoms with Gasteiger partial charge in [0.25, 0.3) is 0 Å². The number of para-hydroxylation sites is 1. The molecule has 0 N–H and O–H groups in total. The van der Waals surface area contributed by atoms with Crippen molar-refractivity contribution in [3.63, 3.8) is 0 Å². The Balaban J connectivity index is 1.59. The van der Waals surface area contributed by atoms with E-state index in [1.165, 1.54) is 5.69 Å². The number of nitrogens with zero attached hydrogens (tertiary/aromatic N) is 3. The standard InChI is InChI=1S/C20H30FN3O3/c1-2-27-20(25)19(21)18(24-12-14-26-15-13-24)16-22-8-10-23(11-9-22)17-6-4-3-5-7-17/h3-7,18-19H,2,8-16H2,1H3/t18?,19-/m1/s1. The molecule has 2 aliphatic heterocycles. The molecule has 0 aromatic heterocycles. The quantitative estimate of drug-likeness (QED) is 0.668. The molecule has 2 heterocycles. The van der Waals surface area contributed by atoms with Gasteiger partial charge in [-0.15, -0.1) is 0 Å². The van der Waals surface area contributed by atoms with Gasteiger partial charge >= 0.3 is 5.97 Å². The minimum atomic E-state index is -1.63. The molecular weight excluding hydrogens is 349 g/mol. The first-order valence-corrected chi connectivity index (χ1v) is 9.84. The van der Waals surface area contributed by atoms with Crippen LogP contribution >= 0.6 is 0 Å². The lowest BCUT2D eigenvalue weighted by Gasteiger charge is -2.41. The van der Waals surface area contributed by atoms with E-state index < -0.39 is 18.2 Å². The van der Waals surface area contributed by atoms with Crippen LogP contribution in [-0.2, 0) is 14.3 Å². The number of rotatable bonds is 7. The largest absolute Gasteiger partial charge is 0.464 e. The van der Waals surface area contributed by atoms with E-state index in [0.717, 1.165) is 26.2 Å². The summed E-state index contributed by atoms with van der Waals surface area (Å²) in [5.41, 5.74) is 1.22. The van der Waals surface area contributed by atoms with E-state index in [1.807, 2.05) is 23.1 Å². The minimum absolute atomic E-state index is 0.199. The molecule has 6 nitrogen and oxygen atoms in total. The van der Waals surface area contributed by atoms with Crippen molar-refractivity contribution < 1.29 is 18.7 Å². The van der Waals surface area contributed by atoms with Gasteiger partial charge in [-0.25, -0.2) is 9.18 Å². The number of carbonyl (C=O) groups excluding carboxylic acids is 1. The second-order valence-electron chi connectivity index (χ2n) is 6.99. The number of esters is 1. The highest BCUT2D eigenvalue weighted by atomic mass is 19.1. The van der Waals surface area contributed by atoms with E-state index in [0.29, 0.717) is 32.8 Å². The molecule has 27 heavy (non-hydrogen) atoms. The number of morpholine rings is 1. The van der Waals surface area contributed by atoms with E-state index in [9.17, 15) is 9.18 Å². The van der Waals surface area contributed by atoms with Crippen LogP contribution in [0, 0.1) is 0 Å². The Morgan fingerprint density at radius 2 is 1.78 bits per heavy atom. The molecule has 1 aromatic carbocycles. The van der Waals surface area contributed by atoms with Gasteiger partial charge in [-0.05, 0) is 19.1 Å². The van der Waals surface area contributed by atoms with Gasteiger partial charge in [0, 0.05) is 51.5 Å². The van der Waals surface area contributed by atoms with Crippen LogP contribution in [0.1, 0.15) is 6.92 Å². The zero-order valence-electron chi connectivity index (χ0n) is 16.1. The summed E-state index contributed by atoms with van der Waals surface area (Å²) in [7, 11) is 0. The van der Waals surface area contributed by atoms with Crippen LogP contribution in [0.3, 0.4) is 0 Å². The SMILES string of the molecule is CCOC(=O)[C@H](F)C(CN1CCN(c2ccccc2)CC1)N1CCOCC1. The second-order valence-corrected chi connectivity index (χ2v) is 6.99. The van der Waals surface area contributed by atoms with Crippen molar-refractivity contribution in [1.29, 1.82) is 0 Å². The van der Waals surface area contributed by atoms with Crippen LogP contribution < -0.4 is 4.90 Å². The van der Waals surface area contributed by atoms with Gasteiger partial charge < -0.3 is 14.4 Å². The minimum Gasteiger partial charge on any atom is -0.464 e. The second kappa shape index (κ2) is 10.0. The molecule has 2 atom stereocenters. The predicted octanol–water partition coefficient (Wildman–Crippen LogP) is 1.41. The molecule has 150 valence electrons. The zero-order valence-corrected chi connectivity index (χ0v) is 16.1. The van der Waals surface area contributed by atoms with E-state index in [1.54, 1.807) is 6.92 Å². The summed E-state index contributed by atoms with van der Waals surface area (Å²) in [5.74, 6) is -0.753. The number of carbonyl (C=O) groups is 1. The fourth-order valence-electron chi connectivity index (χ4n) is 3.77. The molecule has 3 rings (SSSR count). The highest BCUT2D eigenvalue weighted by Gasteiger charge is 2.36. The van der Waals surface area contributed by atoms with Gasteiger partial charge in [-0.1, -0.05) is 18.2 Å². The first-order valence-electron chi connectivity index (χ1n) is 9.84. The average Bonchev–Trinajstić information content (AvgIpc) is 2.73. The third kappa shape index (κ3) is 5.40. The maximum atomic E-state index is 14.9. The number of benzene rings is 1. The van der Waals surface area contributed by atoms with Gasteiger partial charge in [-0.3, -0.25) is 9.80 Å². The van der Waals surface area contributed by atoms with Crippen molar-refractivity contribution in [2.24, 2.45) is 0 Å². The van der Waals surface area contributed by atoms with Crippen LogP contribution in [0.2, 0.25) is 0 Å². The summed E-state index contributed by atoms with van der Waals surface area (Å²) in [5, 5.41) is 0. The first-order chi connectivity index (χ1) is 13.2. The van der Waals surface area contributed by atoms with Crippen molar-refractivity contribution in [2.75, 3.05) is 70.5 Å². The Morgan fingerprint density at radius 3 is 2.41 bits per heavy atom. The van der Waals surface area contributed by atoms with Crippen LogP contribution in [0.5, 0.6) is 0 Å². The Hall–Kier alpha value is -1.70. The summed E-state index contributed by atoms with van der Waals surface area (Å²) in [4.78, 5) is 18.7. The van der Waals surface area contributed by atoms with E-state index in [4.69, 9.17) is 9.47 Å². The van der Waals surface area contributed by atoms with Gasteiger partial charge in [0.1, 0.15) is 0 Å². The molecule has 1 unspecified atom stereocenters. The van der Waals surface area contributed by atoms with Crippen LogP contribution in [0.15, 0.2) is 30.3 Å². The molecule has 2 fully saturated rings. The summed E-state index contributed by atoms with van der Waals surface area (Å²) >= 11 is 0. The molecule has 0 spiro atoms. The smallest absolute Gasteiger partial charge is 0.342 e. The lowest BCUT2D eigenvalue weighted by Crippen LogP contribution is -2.57. The number of halogens is 1. The van der Waals surface area contributed by atoms with Crippen LogP contribution in [0.4, 0.5) is 10.1 Å². The number of hydrogen-bond donors (Lipinski definition) is 0. The van der Waals surface area contributed by atoms with Crippen molar-refractivity contribution >= 4 is 11.7 Å². The fraction of sp³-hybridized carbons (Fsp3) is 0.650. The van der Waals surface area contributed by atoms with Crippen molar-refractivity contribution in [3.05, 3.63) is 30.3 Å².